The fraction of sp³-hybridized carbons (Fsp3) is 0.368. The van der Waals surface area contributed by atoms with Crippen molar-refractivity contribution in [2.45, 2.75) is 6.04 Å². The molecule has 0 bridgehead atoms. The molecule has 1 aliphatic rings. The highest BCUT2D eigenvalue weighted by Gasteiger charge is 2.26. The molecule has 5 heteroatoms. The van der Waals surface area contributed by atoms with Crippen LogP contribution in [0, 0.1) is 0 Å². The van der Waals surface area contributed by atoms with Crippen molar-refractivity contribution < 1.29 is 9.47 Å². The molecular formula is C19H23ClN2O2. The van der Waals surface area contributed by atoms with Gasteiger partial charge in [0.25, 0.3) is 0 Å². The first-order valence-electron chi connectivity index (χ1n) is 8.15. The first kappa shape index (κ1) is 17.1. The van der Waals surface area contributed by atoms with Crippen LogP contribution in [-0.2, 0) is 0 Å². The third-order valence-electron chi connectivity index (χ3n) is 4.44. The van der Waals surface area contributed by atoms with Crippen LogP contribution in [0.3, 0.4) is 0 Å². The molecule has 1 saturated heterocycles. The van der Waals surface area contributed by atoms with Crippen LogP contribution in [0.1, 0.15) is 17.2 Å². The van der Waals surface area contributed by atoms with Gasteiger partial charge in [-0.05, 0) is 29.3 Å². The molecule has 1 unspecified atom stereocenters. The van der Waals surface area contributed by atoms with Crippen LogP contribution in [-0.4, -0.2) is 45.3 Å². The van der Waals surface area contributed by atoms with Gasteiger partial charge in [0.15, 0.2) is 11.5 Å². The number of nitrogens with zero attached hydrogens (tertiary/aromatic N) is 1. The number of halogens is 1. The molecule has 0 aromatic heterocycles. The molecular weight excluding hydrogens is 324 g/mol. The lowest BCUT2D eigenvalue weighted by molar-refractivity contribution is 0.198. The molecule has 1 aliphatic heterocycles. The van der Waals surface area contributed by atoms with Gasteiger partial charge in [-0.15, -0.1) is 0 Å². The standard InChI is InChI=1S/C19H23ClN2O2/c1-23-17-8-7-14(13-18(17)24-2)19(22-11-9-21-10-12-22)15-5-3-4-6-16(15)20/h3-8,13,19,21H,9-12H2,1-2H3. The molecule has 0 amide bonds. The van der Waals surface area contributed by atoms with Gasteiger partial charge >= 0.3 is 0 Å². The molecule has 0 saturated carbocycles. The Hall–Kier alpha value is -1.75. The van der Waals surface area contributed by atoms with Crippen LogP contribution in [0.4, 0.5) is 0 Å². The summed E-state index contributed by atoms with van der Waals surface area (Å²) < 4.78 is 10.9. The molecule has 0 aliphatic carbocycles. The second-order valence-electron chi connectivity index (χ2n) is 5.82. The zero-order valence-electron chi connectivity index (χ0n) is 14.1. The molecule has 2 aromatic rings. The SMILES string of the molecule is COc1ccc(C(c2ccccc2Cl)N2CCNCC2)cc1OC. The minimum absolute atomic E-state index is 0.0978. The first-order valence-corrected chi connectivity index (χ1v) is 8.53. The van der Waals surface area contributed by atoms with Gasteiger partial charge in [-0.2, -0.15) is 0 Å². The second-order valence-corrected chi connectivity index (χ2v) is 6.23. The fourth-order valence-electron chi connectivity index (χ4n) is 3.25. The number of methoxy groups -OCH3 is 2. The average Bonchev–Trinajstić information content (AvgIpc) is 2.64. The summed E-state index contributed by atoms with van der Waals surface area (Å²) in [5.41, 5.74) is 2.27. The highest BCUT2D eigenvalue weighted by atomic mass is 35.5. The Bertz CT molecular complexity index is 687. The number of piperazine rings is 1. The number of ether oxygens (including phenoxy) is 2. The number of rotatable bonds is 5. The second kappa shape index (κ2) is 7.88. The maximum absolute atomic E-state index is 6.52. The molecule has 4 nitrogen and oxygen atoms in total. The fourth-order valence-corrected chi connectivity index (χ4v) is 3.49. The van der Waals surface area contributed by atoms with E-state index in [-0.39, 0.29) is 6.04 Å². The quantitative estimate of drug-likeness (QED) is 0.900. The minimum Gasteiger partial charge on any atom is -0.493 e. The van der Waals surface area contributed by atoms with Crippen molar-refractivity contribution >= 4 is 11.6 Å². The Labute approximate surface area is 148 Å². The lowest BCUT2D eigenvalue weighted by Gasteiger charge is -2.36. The summed E-state index contributed by atoms with van der Waals surface area (Å²) >= 11 is 6.52. The number of benzene rings is 2. The van der Waals surface area contributed by atoms with Crippen molar-refractivity contribution in [2.75, 3.05) is 40.4 Å². The van der Waals surface area contributed by atoms with Crippen LogP contribution in [0.15, 0.2) is 42.5 Å². The monoisotopic (exact) mass is 346 g/mol. The number of nitrogens with one attached hydrogen (secondary N) is 1. The van der Waals surface area contributed by atoms with E-state index in [1.165, 1.54) is 0 Å². The molecule has 0 radical (unpaired) electrons. The van der Waals surface area contributed by atoms with Gasteiger partial charge in [0.05, 0.1) is 20.3 Å². The topological polar surface area (TPSA) is 33.7 Å². The summed E-state index contributed by atoms with van der Waals surface area (Å²) in [4.78, 5) is 2.46. The highest BCUT2D eigenvalue weighted by molar-refractivity contribution is 6.31. The molecule has 128 valence electrons. The number of hydrogen-bond donors (Lipinski definition) is 1. The summed E-state index contributed by atoms with van der Waals surface area (Å²) in [6, 6.07) is 14.3. The van der Waals surface area contributed by atoms with Crippen molar-refractivity contribution in [1.82, 2.24) is 10.2 Å². The van der Waals surface area contributed by atoms with Gasteiger partial charge in [0.2, 0.25) is 0 Å². The smallest absolute Gasteiger partial charge is 0.161 e. The van der Waals surface area contributed by atoms with E-state index in [0.717, 1.165) is 53.8 Å². The van der Waals surface area contributed by atoms with Crippen LogP contribution in [0.25, 0.3) is 0 Å². The maximum atomic E-state index is 6.52. The highest BCUT2D eigenvalue weighted by Crippen LogP contribution is 2.37. The molecule has 24 heavy (non-hydrogen) atoms. The summed E-state index contributed by atoms with van der Waals surface area (Å²) in [5.74, 6) is 1.47. The van der Waals surface area contributed by atoms with Gasteiger partial charge in [0, 0.05) is 31.2 Å². The maximum Gasteiger partial charge on any atom is 0.161 e. The lowest BCUT2D eigenvalue weighted by Crippen LogP contribution is -2.45. The average molecular weight is 347 g/mol. The van der Waals surface area contributed by atoms with E-state index in [9.17, 15) is 0 Å². The van der Waals surface area contributed by atoms with E-state index in [2.05, 4.69) is 28.4 Å². The predicted octanol–water partition coefficient (Wildman–Crippen LogP) is 3.35. The van der Waals surface area contributed by atoms with E-state index in [0.29, 0.717) is 0 Å². The molecule has 1 fully saturated rings. The van der Waals surface area contributed by atoms with Crippen molar-refractivity contribution in [1.29, 1.82) is 0 Å². The molecule has 2 aromatic carbocycles. The minimum atomic E-state index is 0.0978. The third-order valence-corrected chi connectivity index (χ3v) is 4.78. The summed E-state index contributed by atoms with van der Waals surface area (Å²) in [6.07, 6.45) is 0. The lowest BCUT2D eigenvalue weighted by atomic mass is 9.96. The largest absolute Gasteiger partial charge is 0.493 e. The van der Waals surface area contributed by atoms with E-state index in [1.807, 2.05) is 24.3 Å². The summed E-state index contributed by atoms with van der Waals surface area (Å²) in [7, 11) is 3.32. The van der Waals surface area contributed by atoms with Crippen LogP contribution >= 0.6 is 11.6 Å². The summed E-state index contributed by atoms with van der Waals surface area (Å²) in [6.45, 7) is 3.91. The van der Waals surface area contributed by atoms with Crippen LogP contribution in [0.5, 0.6) is 11.5 Å². The van der Waals surface area contributed by atoms with Gasteiger partial charge in [-0.3, -0.25) is 4.90 Å². The number of hydrogen-bond acceptors (Lipinski definition) is 4. The van der Waals surface area contributed by atoms with Crippen LogP contribution < -0.4 is 14.8 Å². The Morgan fingerprint density at radius 1 is 1.00 bits per heavy atom. The van der Waals surface area contributed by atoms with E-state index in [4.69, 9.17) is 21.1 Å². The summed E-state index contributed by atoms with van der Waals surface area (Å²) in [5, 5.41) is 4.20. The predicted molar refractivity (Wildman–Crippen MR) is 97.3 cm³/mol. The molecule has 1 atom stereocenters. The molecule has 0 spiro atoms. The zero-order chi connectivity index (χ0) is 16.9. The Balaban J connectivity index is 2.06. The van der Waals surface area contributed by atoms with Crippen LogP contribution in [0.2, 0.25) is 5.02 Å². The van der Waals surface area contributed by atoms with Crippen molar-refractivity contribution in [3.63, 3.8) is 0 Å². The van der Waals surface area contributed by atoms with Gasteiger partial charge in [-0.25, -0.2) is 0 Å². The molecule has 1 N–H and O–H groups in total. The Kier molecular flexibility index (Phi) is 5.61. The van der Waals surface area contributed by atoms with Crippen molar-refractivity contribution in [3.05, 3.63) is 58.6 Å². The van der Waals surface area contributed by atoms with Gasteiger partial charge in [-0.1, -0.05) is 35.9 Å². The van der Waals surface area contributed by atoms with E-state index in [1.54, 1.807) is 14.2 Å². The van der Waals surface area contributed by atoms with Gasteiger partial charge < -0.3 is 14.8 Å². The van der Waals surface area contributed by atoms with E-state index < -0.39 is 0 Å². The first-order chi connectivity index (χ1) is 11.7. The Morgan fingerprint density at radius 3 is 2.38 bits per heavy atom. The normalized spacial score (nSPS) is 16.6. The Morgan fingerprint density at radius 2 is 1.71 bits per heavy atom. The zero-order valence-corrected chi connectivity index (χ0v) is 14.8. The van der Waals surface area contributed by atoms with Crippen molar-refractivity contribution in [2.24, 2.45) is 0 Å². The van der Waals surface area contributed by atoms with Gasteiger partial charge in [0.1, 0.15) is 0 Å². The van der Waals surface area contributed by atoms with Crippen molar-refractivity contribution in [3.8, 4) is 11.5 Å². The molecule has 1 heterocycles. The third kappa shape index (κ3) is 3.51. The van der Waals surface area contributed by atoms with E-state index >= 15 is 0 Å². The molecule has 3 rings (SSSR count).